The van der Waals surface area contributed by atoms with E-state index >= 15 is 0 Å². The summed E-state index contributed by atoms with van der Waals surface area (Å²) in [7, 11) is 0. The molecule has 156 valence electrons. The van der Waals surface area contributed by atoms with Gasteiger partial charge in [-0.15, -0.1) is 0 Å². The summed E-state index contributed by atoms with van der Waals surface area (Å²) in [5.41, 5.74) is 4.75. The minimum atomic E-state index is -0.204. The third-order valence-corrected chi connectivity index (χ3v) is 7.03. The standard InChI is InChI=1S/C23H18Br2N4OS/c24-15-10-18(25)22(27-12-15)29-20(30)13-31-23-17(11-26)21(14-6-2-1-3-7-14)16-8-4-5-9-19(16)28-23/h1-3,6-7,10,12H,4-5,8-9,13H2,(H,27,29,30). The third kappa shape index (κ3) is 5.00. The molecular weight excluding hydrogens is 540 g/mol. The minimum absolute atomic E-state index is 0.138. The Morgan fingerprint density at radius 1 is 1.19 bits per heavy atom. The molecule has 4 rings (SSSR count). The predicted octanol–water partition coefficient (Wildman–Crippen LogP) is 6.15. The maximum Gasteiger partial charge on any atom is 0.235 e. The second-order valence-corrected chi connectivity index (χ2v) is 9.83. The number of anilines is 1. The Morgan fingerprint density at radius 3 is 2.71 bits per heavy atom. The van der Waals surface area contributed by atoms with Crippen molar-refractivity contribution in [2.45, 2.75) is 30.7 Å². The first kappa shape index (κ1) is 22.0. The highest BCUT2D eigenvalue weighted by molar-refractivity contribution is 9.11. The van der Waals surface area contributed by atoms with Gasteiger partial charge in [0.1, 0.15) is 16.9 Å². The first-order valence-corrected chi connectivity index (χ1v) is 12.4. The monoisotopic (exact) mass is 556 g/mol. The number of pyridine rings is 2. The number of hydrogen-bond donors (Lipinski definition) is 1. The summed E-state index contributed by atoms with van der Waals surface area (Å²) in [6.07, 6.45) is 5.64. The zero-order valence-electron chi connectivity index (χ0n) is 16.5. The number of rotatable bonds is 5. The lowest BCUT2D eigenvalue weighted by molar-refractivity contribution is -0.113. The van der Waals surface area contributed by atoms with E-state index in [-0.39, 0.29) is 11.7 Å². The van der Waals surface area contributed by atoms with Gasteiger partial charge < -0.3 is 5.32 Å². The number of nitrogens with one attached hydrogen (secondary N) is 1. The Labute approximate surface area is 201 Å². The van der Waals surface area contributed by atoms with Crippen LogP contribution in [0.25, 0.3) is 11.1 Å². The van der Waals surface area contributed by atoms with E-state index in [0.29, 0.717) is 20.9 Å². The lowest BCUT2D eigenvalue weighted by Gasteiger charge is -2.22. The summed E-state index contributed by atoms with van der Waals surface area (Å²) in [5.74, 6) is 0.390. The number of nitriles is 1. The number of hydrogen-bond acceptors (Lipinski definition) is 5. The third-order valence-electron chi connectivity index (χ3n) is 5.02. The van der Waals surface area contributed by atoms with Gasteiger partial charge in [0.05, 0.1) is 15.8 Å². The van der Waals surface area contributed by atoms with Crippen molar-refractivity contribution < 1.29 is 4.79 Å². The highest BCUT2D eigenvalue weighted by atomic mass is 79.9. The number of aromatic nitrogens is 2. The van der Waals surface area contributed by atoms with Gasteiger partial charge in [0.15, 0.2) is 0 Å². The first-order valence-electron chi connectivity index (χ1n) is 9.81. The van der Waals surface area contributed by atoms with Gasteiger partial charge in [-0.1, -0.05) is 42.1 Å². The topological polar surface area (TPSA) is 78.7 Å². The molecule has 0 saturated heterocycles. The number of thioether (sulfide) groups is 1. The quantitative estimate of drug-likeness (QED) is 0.381. The molecule has 0 unspecified atom stereocenters. The van der Waals surface area contributed by atoms with Gasteiger partial charge in [0.2, 0.25) is 5.91 Å². The Bertz CT molecular complexity index is 1180. The predicted molar refractivity (Wildman–Crippen MR) is 130 cm³/mol. The molecule has 0 aliphatic heterocycles. The number of carbonyl (C=O) groups excluding carboxylic acids is 1. The number of carbonyl (C=O) groups is 1. The van der Waals surface area contributed by atoms with E-state index in [4.69, 9.17) is 4.98 Å². The number of benzene rings is 1. The van der Waals surface area contributed by atoms with Crippen molar-refractivity contribution in [1.29, 1.82) is 5.26 Å². The molecule has 8 heteroatoms. The van der Waals surface area contributed by atoms with E-state index in [1.54, 1.807) is 6.20 Å². The van der Waals surface area contributed by atoms with Crippen molar-refractivity contribution in [3.63, 3.8) is 0 Å². The van der Waals surface area contributed by atoms with Crippen LogP contribution in [-0.2, 0) is 17.6 Å². The summed E-state index contributed by atoms with van der Waals surface area (Å²) in [6.45, 7) is 0. The average Bonchev–Trinajstić information content (AvgIpc) is 2.79. The molecule has 5 nitrogen and oxygen atoms in total. The molecular formula is C23H18Br2N4OS. The van der Waals surface area contributed by atoms with Gasteiger partial charge >= 0.3 is 0 Å². The number of nitrogens with zero attached hydrogens (tertiary/aromatic N) is 3. The van der Waals surface area contributed by atoms with Crippen LogP contribution < -0.4 is 5.32 Å². The number of amides is 1. The molecule has 0 spiro atoms. The second-order valence-electron chi connectivity index (χ2n) is 7.10. The van der Waals surface area contributed by atoms with Crippen LogP contribution in [0.2, 0.25) is 0 Å². The first-order chi connectivity index (χ1) is 15.1. The fourth-order valence-electron chi connectivity index (χ4n) is 3.66. The maximum atomic E-state index is 12.6. The minimum Gasteiger partial charge on any atom is -0.309 e. The fraction of sp³-hybridized carbons (Fsp3) is 0.217. The number of halogens is 2. The average molecular weight is 558 g/mol. The Balaban J connectivity index is 1.62. The van der Waals surface area contributed by atoms with Gasteiger partial charge in [0.25, 0.3) is 0 Å². The van der Waals surface area contributed by atoms with Crippen molar-refractivity contribution in [2.75, 3.05) is 11.1 Å². The van der Waals surface area contributed by atoms with Crippen LogP contribution in [0.4, 0.5) is 5.82 Å². The fourth-order valence-corrected chi connectivity index (χ4v) is 5.55. The van der Waals surface area contributed by atoms with E-state index in [1.807, 2.05) is 36.4 Å². The molecule has 0 atom stereocenters. The normalized spacial score (nSPS) is 12.7. The van der Waals surface area contributed by atoms with E-state index < -0.39 is 0 Å². The Morgan fingerprint density at radius 2 is 1.97 bits per heavy atom. The Hall–Kier alpha value is -2.21. The molecule has 2 aromatic heterocycles. The molecule has 0 fully saturated rings. The van der Waals surface area contributed by atoms with Crippen LogP contribution >= 0.6 is 43.6 Å². The van der Waals surface area contributed by atoms with Gasteiger partial charge in [-0.25, -0.2) is 9.97 Å². The van der Waals surface area contributed by atoms with E-state index in [0.717, 1.165) is 47.0 Å². The van der Waals surface area contributed by atoms with Crippen LogP contribution in [-0.4, -0.2) is 21.6 Å². The lowest BCUT2D eigenvalue weighted by atomic mass is 9.87. The highest BCUT2D eigenvalue weighted by Crippen LogP contribution is 2.37. The molecule has 0 bridgehead atoms. The molecule has 2 heterocycles. The van der Waals surface area contributed by atoms with Crippen molar-refractivity contribution in [3.05, 3.63) is 68.4 Å². The Kier molecular flexibility index (Phi) is 7.06. The SMILES string of the molecule is N#Cc1c(SCC(=O)Nc2ncc(Br)cc2Br)nc2c(c1-c1ccccc1)CCCC2. The van der Waals surface area contributed by atoms with E-state index in [1.165, 1.54) is 17.3 Å². The van der Waals surface area contributed by atoms with Crippen molar-refractivity contribution >= 4 is 55.3 Å². The molecule has 1 aliphatic rings. The summed E-state index contributed by atoms with van der Waals surface area (Å²) in [5, 5.41) is 13.4. The highest BCUT2D eigenvalue weighted by Gasteiger charge is 2.23. The van der Waals surface area contributed by atoms with Crippen molar-refractivity contribution in [1.82, 2.24) is 9.97 Å². The molecule has 3 aromatic rings. The van der Waals surface area contributed by atoms with Crippen molar-refractivity contribution in [2.24, 2.45) is 0 Å². The summed E-state index contributed by atoms with van der Waals surface area (Å²) in [4.78, 5) is 21.6. The van der Waals surface area contributed by atoms with Crippen LogP contribution in [0.5, 0.6) is 0 Å². The molecule has 1 aliphatic carbocycles. The largest absolute Gasteiger partial charge is 0.309 e. The number of aryl methyl sites for hydroxylation is 1. The van der Waals surface area contributed by atoms with Gasteiger partial charge in [-0.3, -0.25) is 4.79 Å². The zero-order valence-corrected chi connectivity index (χ0v) is 20.5. The molecule has 0 radical (unpaired) electrons. The zero-order chi connectivity index (χ0) is 21.8. The van der Waals surface area contributed by atoms with Crippen LogP contribution in [0, 0.1) is 11.3 Å². The molecule has 1 aromatic carbocycles. The van der Waals surface area contributed by atoms with Gasteiger partial charge in [-0.05, 0) is 74.7 Å². The van der Waals surface area contributed by atoms with E-state index in [9.17, 15) is 10.1 Å². The molecule has 31 heavy (non-hydrogen) atoms. The lowest BCUT2D eigenvalue weighted by Crippen LogP contribution is -2.16. The van der Waals surface area contributed by atoms with Crippen LogP contribution in [0.1, 0.15) is 29.7 Å². The summed E-state index contributed by atoms with van der Waals surface area (Å²) in [6, 6.07) is 14.2. The molecule has 1 N–H and O–H groups in total. The number of fused-ring (bicyclic) bond motifs is 1. The van der Waals surface area contributed by atoms with E-state index in [2.05, 4.69) is 48.2 Å². The van der Waals surface area contributed by atoms with Crippen LogP contribution in [0.3, 0.4) is 0 Å². The summed E-state index contributed by atoms with van der Waals surface area (Å²) >= 11 is 8.04. The maximum absolute atomic E-state index is 12.6. The van der Waals surface area contributed by atoms with Gasteiger partial charge in [0, 0.05) is 21.9 Å². The summed E-state index contributed by atoms with van der Waals surface area (Å²) < 4.78 is 1.51. The van der Waals surface area contributed by atoms with Crippen molar-refractivity contribution in [3.8, 4) is 17.2 Å². The molecule has 0 saturated carbocycles. The van der Waals surface area contributed by atoms with Crippen LogP contribution in [0.15, 0.2) is 56.6 Å². The second kappa shape index (κ2) is 9.94. The van der Waals surface area contributed by atoms with Gasteiger partial charge in [-0.2, -0.15) is 5.26 Å². The smallest absolute Gasteiger partial charge is 0.235 e. The molecule has 1 amide bonds.